The fourth-order valence-electron chi connectivity index (χ4n) is 2.43. The van der Waals surface area contributed by atoms with E-state index in [0.717, 1.165) is 22.9 Å². The highest BCUT2D eigenvalue weighted by Crippen LogP contribution is 2.32. The number of alkyl halides is 3. The molecule has 0 bridgehead atoms. The Labute approximate surface area is 120 Å². The number of aryl methyl sites for hydroxylation is 1. The minimum Gasteiger partial charge on any atom is -0.455 e. The van der Waals surface area contributed by atoms with Crippen molar-refractivity contribution in [3.63, 3.8) is 0 Å². The van der Waals surface area contributed by atoms with E-state index >= 15 is 0 Å². The first-order chi connectivity index (χ1) is 9.93. The van der Waals surface area contributed by atoms with Crippen molar-refractivity contribution in [1.29, 1.82) is 0 Å². The number of anilines is 1. The maximum Gasteiger partial charge on any atom is 0.449 e. The van der Waals surface area contributed by atoms with Crippen molar-refractivity contribution in [2.45, 2.75) is 19.6 Å². The van der Waals surface area contributed by atoms with Gasteiger partial charge in [-0.2, -0.15) is 13.2 Å². The molecule has 1 aromatic heterocycles. The van der Waals surface area contributed by atoms with E-state index in [4.69, 9.17) is 4.42 Å². The summed E-state index contributed by atoms with van der Waals surface area (Å²) in [4.78, 5) is 2.00. The molecule has 1 aromatic carbocycles. The molecule has 0 N–H and O–H groups in total. The summed E-state index contributed by atoms with van der Waals surface area (Å²) in [6.07, 6.45) is -0.422. The van der Waals surface area contributed by atoms with E-state index in [1.165, 1.54) is 6.07 Å². The van der Waals surface area contributed by atoms with E-state index in [-0.39, 0.29) is 0 Å². The van der Waals surface area contributed by atoms with Crippen LogP contribution in [0.15, 0.2) is 40.8 Å². The molecule has 5 heteroatoms. The number of hydrogen-bond donors (Lipinski definition) is 0. The lowest BCUT2D eigenvalue weighted by Crippen LogP contribution is -2.25. The molecule has 2 nitrogen and oxygen atoms in total. The fourth-order valence-corrected chi connectivity index (χ4v) is 2.43. The van der Waals surface area contributed by atoms with Gasteiger partial charge in [0.05, 0.1) is 6.54 Å². The zero-order chi connectivity index (χ0) is 15.0. The maximum atomic E-state index is 12.6. The molecule has 0 amide bonds. The molecule has 1 aliphatic heterocycles. The predicted octanol–water partition coefficient (Wildman–Crippen LogP) is 4.64. The summed E-state index contributed by atoms with van der Waals surface area (Å²) in [5, 5.41) is 0. The molecule has 0 spiro atoms. The standard InChI is InChI=1S/C16H14F3NO/c1-11-4-5-12-3-2-8-20(14(12)9-11)10-13-6-7-15(21-13)16(17,18)19/h2-7,9H,8,10H2,1H3. The Morgan fingerprint density at radius 1 is 1.19 bits per heavy atom. The van der Waals surface area contributed by atoms with Gasteiger partial charge in [-0.25, -0.2) is 0 Å². The third-order valence-electron chi connectivity index (χ3n) is 3.44. The predicted molar refractivity (Wildman–Crippen MR) is 75.0 cm³/mol. The van der Waals surface area contributed by atoms with Crippen molar-refractivity contribution >= 4 is 11.8 Å². The van der Waals surface area contributed by atoms with Crippen LogP contribution in [0.1, 0.15) is 22.6 Å². The molecule has 0 aliphatic carbocycles. The zero-order valence-corrected chi connectivity index (χ0v) is 11.4. The lowest BCUT2D eigenvalue weighted by molar-refractivity contribution is -0.153. The highest BCUT2D eigenvalue weighted by molar-refractivity contribution is 5.71. The third kappa shape index (κ3) is 2.82. The largest absolute Gasteiger partial charge is 0.455 e. The van der Waals surface area contributed by atoms with Crippen LogP contribution in [0, 0.1) is 6.92 Å². The second-order valence-corrected chi connectivity index (χ2v) is 5.11. The number of furan rings is 1. The molecule has 2 heterocycles. The van der Waals surface area contributed by atoms with Crippen LogP contribution >= 0.6 is 0 Å². The smallest absolute Gasteiger partial charge is 0.449 e. The van der Waals surface area contributed by atoms with E-state index in [1.807, 2.05) is 42.2 Å². The number of hydrogen-bond acceptors (Lipinski definition) is 2. The van der Waals surface area contributed by atoms with Crippen molar-refractivity contribution < 1.29 is 17.6 Å². The summed E-state index contributed by atoms with van der Waals surface area (Å²) < 4.78 is 42.6. The molecule has 1 aliphatic rings. The van der Waals surface area contributed by atoms with Crippen molar-refractivity contribution in [2.75, 3.05) is 11.4 Å². The zero-order valence-electron chi connectivity index (χ0n) is 11.4. The van der Waals surface area contributed by atoms with Crippen molar-refractivity contribution in [3.8, 4) is 0 Å². The van der Waals surface area contributed by atoms with Crippen molar-refractivity contribution in [2.24, 2.45) is 0 Å². The molecule has 0 radical (unpaired) electrons. The normalized spacial score (nSPS) is 14.4. The Hall–Kier alpha value is -2.17. The maximum absolute atomic E-state index is 12.6. The molecule has 0 unspecified atom stereocenters. The van der Waals surface area contributed by atoms with Gasteiger partial charge in [-0.3, -0.25) is 0 Å². The summed E-state index contributed by atoms with van der Waals surface area (Å²) in [6.45, 7) is 2.96. The third-order valence-corrected chi connectivity index (χ3v) is 3.44. The van der Waals surface area contributed by atoms with Crippen LogP contribution in [0.25, 0.3) is 6.08 Å². The monoisotopic (exact) mass is 293 g/mol. The summed E-state index contributed by atoms with van der Waals surface area (Å²) in [5.41, 5.74) is 3.20. The first-order valence-electron chi connectivity index (χ1n) is 6.61. The molecule has 0 atom stereocenters. The average Bonchev–Trinajstić information content (AvgIpc) is 2.88. The fraction of sp³-hybridized carbons (Fsp3) is 0.250. The second-order valence-electron chi connectivity index (χ2n) is 5.11. The Morgan fingerprint density at radius 2 is 2.00 bits per heavy atom. The van der Waals surface area contributed by atoms with Gasteiger partial charge in [0.2, 0.25) is 5.76 Å². The summed E-state index contributed by atoms with van der Waals surface area (Å²) in [7, 11) is 0. The molecule has 2 aromatic rings. The quantitative estimate of drug-likeness (QED) is 0.802. The lowest BCUT2D eigenvalue weighted by Gasteiger charge is -2.27. The van der Waals surface area contributed by atoms with E-state index in [0.29, 0.717) is 18.8 Å². The average molecular weight is 293 g/mol. The number of halogens is 3. The van der Waals surface area contributed by atoms with Crippen LogP contribution in [-0.4, -0.2) is 6.54 Å². The van der Waals surface area contributed by atoms with E-state index in [1.54, 1.807) is 0 Å². The van der Waals surface area contributed by atoms with Crippen LogP contribution < -0.4 is 4.90 Å². The molecule has 0 saturated carbocycles. The second kappa shape index (κ2) is 4.98. The molecular formula is C16H14F3NO. The number of fused-ring (bicyclic) bond motifs is 1. The van der Waals surface area contributed by atoms with Gasteiger partial charge < -0.3 is 9.32 Å². The number of nitrogens with zero attached hydrogens (tertiary/aromatic N) is 1. The van der Waals surface area contributed by atoms with Gasteiger partial charge in [-0.1, -0.05) is 24.3 Å². The van der Waals surface area contributed by atoms with Crippen molar-refractivity contribution in [1.82, 2.24) is 0 Å². The molecule has 21 heavy (non-hydrogen) atoms. The topological polar surface area (TPSA) is 16.4 Å². The van der Waals surface area contributed by atoms with Crippen molar-refractivity contribution in [3.05, 3.63) is 59.1 Å². The van der Waals surface area contributed by atoms with Crippen LogP contribution in [0.5, 0.6) is 0 Å². The summed E-state index contributed by atoms with van der Waals surface area (Å²) in [5.74, 6) is -0.639. The van der Waals surface area contributed by atoms with Crippen LogP contribution in [0.2, 0.25) is 0 Å². The molecule has 110 valence electrons. The van der Waals surface area contributed by atoms with Gasteiger partial charge in [0.25, 0.3) is 0 Å². The van der Waals surface area contributed by atoms with Gasteiger partial charge >= 0.3 is 6.18 Å². The highest BCUT2D eigenvalue weighted by Gasteiger charge is 2.34. The van der Waals surface area contributed by atoms with Crippen LogP contribution in [-0.2, 0) is 12.7 Å². The Bertz CT molecular complexity index is 685. The van der Waals surface area contributed by atoms with E-state index in [9.17, 15) is 13.2 Å². The first kappa shape index (κ1) is 13.8. The Balaban J connectivity index is 1.85. The van der Waals surface area contributed by atoms with E-state index in [2.05, 4.69) is 0 Å². The Kier molecular flexibility index (Phi) is 3.27. The molecule has 0 fully saturated rings. The highest BCUT2D eigenvalue weighted by atomic mass is 19.4. The molecule has 0 saturated heterocycles. The number of benzene rings is 1. The van der Waals surface area contributed by atoms with E-state index < -0.39 is 11.9 Å². The minimum atomic E-state index is -4.44. The number of rotatable bonds is 2. The van der Waals surface area contributed by atoms with Crippen LogP contribution in [0.3, 0.4) is 0 Å². The molecule has 3 rings (SSSR count). The van der Waals surface area contributed by atoms with Gasteiger partial charge in [0.1, 0.15) is 5.76 Å². The summed E-state index contributed by atoms with van der Waals surface area (Å²) >= 11 is 0. The van der Waals surface area contributed by atoms with Gasteiger partial charge in [-0.05, 0) is 36.2 Å². The van der Waals surface area contributed by atoms with Gasteiger partial charge in [0.15, 0.2) is 0 Å². The first-order valence-corrected chi connectivity index (χ1v) is 6.61. The minimum absolute atomic E-state index is 0.310. The summed E-state index contributed by atoms with van der Waals surface area (Å²) in [6, 6.07) is 8.42. The lowest BCUT2D eigenvalue weighted by atomic mass is 10.0. The Morgan fingerprint density at radius 3 is 2.71 bits per heavy atom. The van der Waals surface area contributed by atoms with Gasteiger partial charge in [0, 0.05) is 12.2 Å². The SMILES string of the molecule is Cc1ccc2c(c1)N(Cc1ccc(C(F)(F)F)o1)CC=C2. The van der Waals surface area contributed by atoms with Gasteiger partial charge in [-0.15, -0.1) is 0 Å². The molecular weight excluding hydrogens is 279 g/mol. The van der Waals surface area contributed by atoms with Crippen LogP contribution in [0.4, 0.5) is 18.9 Å².